The summed E-state index contributed by atoms with van der Waals surface area (Å²) < 4.78 is 11.3. The van der Waals surface area contributed by atoms with Gasteiger partial charge in [0.05, 0.1) is 12.8 Å². The number of urea groups is 1. The number of amides is 3. The van der Waals surface area contributed by atoms with Gasteiger partial charge in [0.1, 0.15) is 23.0 Å². The number of ether oxygens (including phenoxy) is 1. The second kappa shape index (κ2) is 8.22. The van der Waals surface area contributed by atoms with E-state index in [0.29, 0.717) is 29.2 Å². The van der Waals surface area contributed by atoms with Crippen LogP contribution < -0.4 is 21.1 Å². The maximum absolute atomic E-state index is 12.7. The molecule has 0 saturated heterocycles. The number of benzene rings is 2. The average Bonchev–Trinajstić information content (AvgIpc) is 3.01. The number of primary amides is 1. The number of hydrogen-bond donors (Lipinski definition) is 3. The molecule has 1 aromatic heterocycles. The van der Waals surface area contributed by atoms with Crippen LogP contribution in [0.25, 0.3) is 21.9 Å². The number of para-hydroxylation sites is 1. The first kappa shape index (κ1) is 18.9. The third kappa shape index (κ3) is 4.11. The van der Waals surface area contributed by atoms with Crippen LogP contribution in [0.15, 0.2) is 40.8 Å². The average molecular weight is 387 g/mol. The maximum atomic E-state index is 12.7. The van der Waals surface area contributed by atoms with Gasteiger partial charge in [-0.1, -0.05) is 18.2 Å². The zero-order valence-electron chi connectivity index (χ0n) is 15.1. The molecule has 8 heteroatoms. The van der Waals surface area contributed by atoms with Crippen molar-refractivity contribution in [3.05, 3.63) is 36.4 Å². The van der Waals surface area contributed by atoms with Gasteiger partial charge in [-0.15, -0.1) is 0 Å². The fraction of sp³-hybridized carbons (Fsp3) is 0.263. The van der Waals surface area contributed by atoms with Gasteiger partial charge in [-0.2, -0.15) is 11.8 Å². The summed E-state index contributed by atoms with van der Waals surface area (Å²) in [5, 5.41) is 7.16. The molecule has 0 unspecified atom stereocenters. The van der Waals surface area contributed by atoms with E-state index in [2.05, 4.69) is 10.6 Å². The third-order valence-electron chi connectivity index (χ3n) is 4.20. The summed E-state index contributed by atoms with van der Waals surface area (Å²) in [5.74, 6) is 0.847. The highest BCUT2D eigenvalue weighted by molar-refractivity contribution is 7.98. The van der Waals surface area contributed by atoms with E-state index < -0.39 is 12.1 Å². The molecular formula is C19H21N3O4S. The number of rotatable bonds is 7. The van der Waals surface area contributed by atoms with Crippen molar-refractivity contribution >= 4 is 51.3 Å². The van der Waals surface area contributed by atoms with Crippen molar-refractivity contribution in [1.29, 1.82) is 0 Å². The lowest BCUT2D eigenvalue weighted by molar-refractivity contribution is -0.118. The molecule has 3 amide bonds. The van der Waals surface area contributed by atoms with Crippen LogP contribution in [0.1, 0.15) is 6.42 Å². The fourth-order valence-electron chi connectivity index (χ4n) is 2.91. The molecule has 0 radical (unpaired) electrons. The van der Waals surface area contributed by atoms with Gasteiger partial charge >= 0.3 is 6.03 Å². The zero-order chi connectivity index (χ0) is 19.4. The summed E-state index contributed by atoms with van der Waals surface area (Å²) in [6, 6.07) is 9.77. The van der Waals surface area contributed by atoms with Crippen molar-refractivity contribution in [2.75, 3.05) is 24.4 Å². The lowest BCUT2D eigenvalue weighted by Crippen LogP contribution is -2.46. The molecule has 2 aromatic carbocycles. The monoisotopic (exact) mass is 387 g/mol. The first-order chi connectivity index (χ1) is 13.0. The summed E-state index contributed by atoms with van der Waals surface area (Å²) in [4.78, 5) is 23.9. The molecule has 142 valence electrons. The summed E-state index contributed by atoms with van der Waals surface area (Å²) >= 11 is 1.58. The summed E-state index contributed by atoms with van der Waals surface area (Å²) in [6.07, 6.45) is 2.39. The molecule has 1 atom stereocenters. The molecule has 3 aromatic rings. The number of hydrogen-bond acceptors (Lipinski definition) is 5. The molecule has 0 bridgehead atoms. The first-order valence-corrected chi connectivity index (χ1v) is 9.78. The van der Waals surface area contributed by atoms with Crippen LogP contribution in [0.5, 0.6) is 5.75 Å². The normalized spacial score (nSPS) is 12.1. The van der Waals surface area contributed by atoms with Crippen LogP contribution in [0, 0.1) is 0 Å². The van der Waals surface area contributed by atoms with Gasteiger partial charge in [0.25, 0.3) is 0 Å². The number of methoxy groups -OCH3 is 1. The van der Waals surface area contributed by atoms with E-state index in [9.17, 15) is 9.59 Å². The quantitative estimate of drug-likeness (QED) is 0.576. The Morgan fingerprint density at radius 2 is 2.00 bits per heavy atom. The Bertz CT molecular complexity index is 986. The number of carbonyl (C=O) groups is 2. The molecule has 0 fully saturated rings. The fourth-order valence-corrected chi connectivity index (χ4v) is 3.39. The molecule has 0 saturated carbocycles. The molecule has 3 rings (SSSR count). The maximum Gasteiger partial charge on any atom is 0.312 e. The number of carbonyl (C=O) groups excluding carboxylic acids is 2. The third-order valence-corrected chi connectivity index (χ3v) is 4.84. The van der Waals surface area contributed by atoms with Gasteiger partial charge in [-0.25, -0.2) is 4.79 Å². The second-order valence-corrected chi connectivity index (χ2v) is 6.96. The molecule has 0 aliphatic heterocycles. The van der Waals surface area contributed by atoms with Crippen molar-refractivity contribution in [2.24, 2.45) is 5.73 Å². The number of fused-ring (bicyclic) bond motifs is 3. The van der Waals surface area contributed by atoms with Crippen molar-refractivity contribution in [3.8, 4) is 5.75 Å². The van der Waals surface area contributed by atoms with E-state index in [1.807, 2.05) is 36.6 Å². The summed E-state index contributed by atoms with van der Waals surface area (Å²) in [5.41, 5.74) is 7.05. The minimum absolute atomic E-state index is 0.364. The van der Waals surface area contributed by atoms with Crippen LogP contribution in [-0.2, 0) is 4.79 Å². The van der Waals surface area contributed by atoms with E-state index in [1.165, 1.54) is 7.11 Å². The summed E-state index contributed by atoms with van der Waals surface area (Å²) in [6.45, 7) is 0. The Labute approximate surface area is 160 Å². The molecule has 0 aliphatic carbocycles. The Morgan fingerprint density at radius 1 is 1.22 bits per heavy atom. The number of thioether (sulfide) groups is 1. The highest BCUT2D eigenvalue weighted by Gasteiger charge is 2.21. The topological polar surface area (TPSA) is 107 Å². The summed E-state index contributed by atoms with van der Waals surface area (Å²) in [7, 11) is 1.53. The molecule has 4 N–H and O–H groups in total. The lowest BCUT2D eigenvalue weighted by Gasteiger charge is -2.18. The van der Waals surface area contributed by atoms with E-state index in [4.69, 9.17) is 14.9 Å². The molecular weight excluding hydrogens is 366 g/mol. The minimum Gasteiger partial charge on any atom is -0.495 e. The van der Waals surface area contributed by atoms with Crippen LogP contribution in [0.3, 0.4) is 0 Å². The smallest absolute Gasteiger partial charge is 0.312 e. The standard InChI is InChI=1S/C19H21N3O4S/c1-25-17-9-12-11-5-3-4-6-15(11)26-16(12)10-14(17)21-18(23)13(7-8-27-2)22-19(20)24/h3-6,9-10,13H,7-8H2,1-2H3,(H,21,23)(H3,20,22,24)/t13-/m0/s1. The van der Waals surface area contributed by atoms with Gasteiger partial charge < -0.3 is 25.5 Å². The lowest BCUT2D eigenvalue weighted by atomic mass is 10.1. The highest BCUT2D eigenvalue weighted by Crippen LogP contribution is 2.36. The van der Waals surface area contributed by atoms with Gasteiger partial charge in [-0.05, 0) is 30.6 Å². The molecule has 0 spiro atoms. The van der Waals surface area contributed by atoms with Crippen LogP contribution in [0.2, 0.25) is 0 Å². The van der Waals surface area contributed by atoms with Crippen molar-refractivity contribution in [2.45, 2.75) is 12.5 Å². The van der Waals surface area contributed by atoms with Crippen LogP contribution >= 0.6 is 11.8 Å². The van der Waals surface area contributed by atoms with Gasteiger partial charge in [0.15, 0.2) is 0 Å². The molecule has 27 heavy (non-hydrogen) atoms. The van der Waals surface area contributed by atoms with Crippen LogP contribution in [0.4, 0.5) is 10.5 Å². The van der Waals surface area contributed by atoms with E-state index >= 15 is 0 Å². The zero-order valence-corrected chi connectivity index (χ0v) is 15.9. The minimum atomic E-state index is -0.740. The second-order valence-electron chi connectivity index (χ2n) is 5.98. The molecule has 0 aliphatic rings. The Morgan fingerprint density at radius 3 is 2.70 bits per heavy atom. The number of furan rings is 1. The highest BCUT2D eigenvalue weighted by atomic mass is 32.2. The Kier molecular flexibility index (Phi) is 5.75. The van der Waals surface area contributed by atoms with Gasteiger partial charge in [-0.3, -0.25) is 4.79 Å². The Hall–Kier alpha value is -2.87. The predicted molar refractivity (Wildman–Crippen MR) is 108 cm³/mol. The van der Waals surface area contributed by atoms with E-state index in [-0.39, 0.29) is 5.91 Å². The molecule has 7 nitrogen and oxygen atoms in total. The largest absolute Gasteiger partial charge is 0.495 e. The molecule has 1 heterocycles. The van der Waals surface area contributed by atoms with Crippen molar-refractivity contribution < 1.29 is 18.7 Å². The van der Waals surface area contributed by atoms with Crippen molar-refractivity contribution in [3.63, 3.8) is 0 Å². The number of anilines is 1. The SMILES string of the molecule is COc1cc2c(cc1NC(=O)[C@H](CCSC)NC(N)=O)oc1ccccc12. The van der Waals surface area contributed by atoms with E-state index in [0.717, 1.165) is 16.4 Å². The first-order valence-electron chi connectivity index (χ1n) is 8.38. The van der Waals surface area contributed by atoms with Crippen molar-refractivity contribution in [1.82, 2.24) is 5.32 Å². The predicted octanol–water partition coefficient (Wildman–Crippen LogP) is 3.32. The van der Waals surface area contributed by atoms with E-state index in [1.54, 1.807) is 17.8 Å². The van der Waals surface area contributed by atoms with Crippen LogP contribution in [-0.4, -0.2) is 37.1 Å². The number of nitrogens with two attached hydrogens (primary N) is 1. The van der Waals surface area contributed by atoms with Gasteiger partial charge in [0.2, 0.25) is 5.91 Å². The number of nitrogens with one attached hydrogen (secondary N) is 2. The Balaban J connectivity index is 1.93. The van der Waals surface area contributed by atoms with Gasteiger partial charge in [0, 0.05) is 16.8 Å².